The second-order valence-electron chi connectivity index (χ2n) is 4.23. The van der Waals surface area contributed by atoms with E-state index in [0.29, 0.717) is 17.9 Å². The van der Waals surface area contributed by atoms with Crippen LogP contribution in [-0.4, -0.2) is 13.4 Å². The van der Waals surface area contributed by atoms with Crippen LogP contribution in [0.25, 0.3) is 0 Å². The van der Waals surface area contributed by atoms with E-state index >= 15 is 0 Å². The van der Waals surface area contributed by atoms with E-state index in [2.05, 4.69) is 41.9 Å². The first kappa shape index (κ1) is 14.3. The van der Waals surface area contributed by atoms with E-state index in [1.54, 1.807) is 24.9 Å². The largest absolute Gasteiger partial charge is 0.495 e. The van der Waals surface area contributed by atoms with E-state index in [1.807, 2.05) is 12.1 Å². The molecule has 0 aliphatic heterocycles. The Morgan fingerprint density at radius 1 is 1.20 bits per heavy atom. The smallest absolute Gasteiger partial charge is 0.136 e. The third kappa shape index (κ3) is 3.46. The van der Waals surface area contributed by atoms with Gasteiger partial charge in [-0.2, -0.15) is 5.26 Å². The number of thioether (sulfide) groups is 1. The highest BCUT2D eigenvalue weighted by molar-refractivity contribution is 7.98. The summed E-state index contributed by atoms with van der Waals surface area (Å²) in [6, 6.07) is 16.0. The molecular weight excluding hydrogens is 268 g/mol. The molecule has 0 radical (unpaired) electrons. The Morgan fingerprint density at radius 3 is 2.55 bits per heavy atom. The molecule has 1 N–H and O–H groups in total. The number of rotatable bonds is 5. The highest BCUT2D eigenvalue weighted by Gasteiger charge is 2.03. The van der Waals surface area contributed by atoms with Gasteiger partial charge < -0.3 is 10.1 Å². The van der Waals surface area contributed by atoms with Gasteiger partial charge in [0.25, 0.3) is 0 Å². The van der Waals surface area contributed by atoms with E-state index in [0.717, 1.165) is 11.3 Å². The molecule has 4 heteroatoms. The van der Waals surface area contributed by atoms with Gasteiger partial charge in [-0.25, -0.2) is 0 Å². The number of ether oxygens (including phenoxy) is 1. The first-order valence-electron chi connectivity index (χ1n) is 6.21. The second kappa shape index (κ2) is 6.88. The molecule has 0 aromatic heterocycles. The van der Waals surface area contributed by atoms with Crippen LogP contribution < -0.4 is 10.1 Å². The quantitative estimate of drug-likeness (QED) is 0.846. The summed E-state index contributed by atoms with van der Waals surface area (Å²) >= 11 is 1.73. The lowest BCUT2D eigenvalue weighted by molar-refractivity contribution is 0.413. The van der Waals surface area contributed by atoms with Crippen molar-refractivity contribution in [2.75, 3.05) is 18.7 Å². The normalized spacial score (nSPS) is 9.85. The second-order valence-corrected chi connectivity index (χ2v) is 5.11. The number of nitriles is 1. The molecule has 0 saturated carbocycles. The van der Waals surface area contributed by atoms with Crippen molar-refractivity contribution in [3.05, 3.63) is 53.6 Å². The van der Waals surface area contributed by atoms with Crippen molar-refractivity contribution >= 4 is 17.4 Å². The summed E-state index contributed by atoms with van der Waals surface area (Å²) in [5, 5.41) is 12.3. The molecule has 0 saturated heterocycles. The Balaban J connectivity index is 2.05. The van der Waals surface area contributed by atoms with Crippen molar-refractivity contribution in [2.45, 2.75) is 11.4 Å². The van der Waals surface area contributed by atoms with Gasteiger partial charge in [0.2, 0.25) is 0 Å². The first-order valence-corrected chi connectivity index (χ1v) is 7.44. The summed E-state index contributed by atoms with van der Waals surface area (Å²) in [6.07, 6.45) is 2.06. The fourth-order valence-corrected chi connectivity index (χ4v) is 2.26. The third-order valence-corrected chi connectivity index (χ3v) is 3.72. The van der Waals surface area contributed by atoms with Gasteiger partial charge in [-0.3, -0.25) is 0 Å². The maximum atomic E-state index is 8.95. The summed E-state index contributed by atoms with van der Waals surface area (Å²) in [5.74, 6) is 0.615. The van der Waals surface area contributed by atoms with Crippen molar-refractivity contribution in [3.63, 3.8) is 0 Å². The highest BCUT2D eigenvalue weighted by atomic mass is 32.2. The zero-order chi connectivity index (χ0) is 14.4. The average molecular weight is 284 g/mol. The number of methoxy groups -OCH3 is 1. The van der Waals surface area contributed by atoms with Gasteiger partial charge in [0.15, 0.2) is 0 Å². The molecule has 0 heterocycles. The summed E-state index contributed by atoms with van der Waals surface area (Å²) in [6.45, 7) is 0.695. The van der Waals surface area contributed by atoms with Gasteiger partial charge in [-0.05, 0) is 48.2 Å². The van der Waals surface area contributed by atoms with E-state index < -0.39 is 0 Å². The van der Waals surface area contributed by atoms with Gasteiger partial charge in [-0.15, -0.1) is 11.8 Å². The van der Waals surface area contributed by atoms with Crippen LogP contribution in [0.3, 0.4) is 0 Å². The minimum absolute atomic E-state index is 0.556. The van der Waals surface area contributed by atoms with E-state index in [4.69, 9.17) is 10.00 Å². The van der Waals surface area contributed by atoms with Gasteiger partial charge in [-0.1, -0.05) is 6.07 Å². The van der Waals surface area contributed by atoms with Crippen molar-refractivity contribution in [3.8, 4) is 11.8 Å². The predicted molar refractivity (Wildman–Crippen MR) is 83.3 cm³/mol. The lowest BCUT2D eigenvalue weighted by Crippen LogP contribution is -2.00. The number of anilines is 1. The van der Waals surface area contributed by atoms with E-state index in [1.165, 1.54) is 4.90 Å². The molecule has 0 bridgehead atoms. The lowest BCUT2D eigenvalue weighted by atomic mass is 10.1. The molecule has 102 valence electrons. The van der Waals surface area contributed by atoms with Gasteiger partial charge in [0.05, 0.1) is 12.7 Å². The fourth-order valence-electron chi connectivity index (χ4n) is 1.85. The van der Waals surface area contributed by atoms with Gasteiger partial charge in [0, 0.05) is 17.1 Å². The molecule has 3 nitrogen and oxygen atoms in total. The number of benzene rings is 2. The van der Waals surface area contributed by atoms with Gasteiger partial charge in [0.1, 0.15) is 11.8 Å². The summed E-state index contributed by atoms with van der Waals surface area (Å²) < 4.78 is 5.21. The molecule has 2 aromatic carbocycles. The fraction of sp³-hybridized carbons (Fsp3) is 0.188. The van der Waals surface area contributed by atoms with Crippen LogP contribution in [0.2, 0.25) is 0 Å². The van der Waals surface area contributed by atoms with Crippen LogP contribution in [0.4, 0.5) is 5.69 Å². The van der Waals surface area contributed by atoms with Crippen molar-refractivity contribution in [1.82, 2.24) is 0 Å². The van der Waals surface area contributed by atoms with Crippen molar-refractivity contribution in [1.29, 1.82) is 5.26 Å². The molecule has 0 unspecified atom stereocenters. The molecule has 0 aliphatic carbocycles. The molecule has 0 spiro atoms. The van der Waals surface area contributed by atoms with Crippen LogP contribution in [0, 0.1) is 11.3 Å². The number of nitrogens with one attached hydrogen (secondary N) is 1. The van der Waals surface area contributed by atoms with Crippen LogP contribution in [0.5, 0.6) is 5.75 Å². The Morgan fingerprint density at radius 2 is 1.95 bits per heavy atom. The summed E-state index contributed by atoms with van der Waals surface area (Å²) in [7, 11) is 1.58. The predicted octanol–water partition coefficient (Wildman–Crippen LogP) is 3.90. The minimum Gasteiger partial charge on any atom is -0.495 e. The van der Waals surface area contributed by atoms with E-state index in [9.17, 15) is 0 Å². The van der Waals surface area contributed by atoms with E-state index in [-0.39, 0.29) is 0 Å². The summed E-state index contributed by atoms with van der Waals surface area (Å²) in [5.41, 5.74) is 2.71. The first-order chi connectivity index (χ1) is 9.76. The number of hydrogen-bond donors (Lipinski definition) is 1. The highest BCUT2D eigenvalue weighted by Crippen LogP contribution is 2.21. The minimum atomic E-state index is 0.556. The Labute approximate surface area is 123 Å². The standard InChI is InChI=1S/C16H16N2OS/c1-19-16-9-12(3-4-13(16)10-17)11-18-14-5-7-15(20-2)8-6-14/h3-9,18H,11H2,1-2H3. The number of nitrogens with zero attached hydrogens (tertiary/aromatic N) is 1. The number of hydrogen-bond acceptors (Lipinski definition) is 4. The van der Waals surface area contributed by atoms with Gasteiger partial charge >= 0.3 is 0 Å². The molecule has 2 aromatic rings. The van der Waals surface area contributed by atoms with Crippen LogP contribution >= 0.6 is 11.8 Å². The maximum absolute atomic E-state index is 8.95. The molecule has 0 aliphatic rings. The van der Waals surface area contributed by atoms with Crippen LogP contribution in [0.15, 0.2) is 47.4 Å². The topological polar surface area (TPSA) is 45.0 Å². The monoisotopic (exact) mass is 284 g/mol. The van der Waals surface area contributed by atoms with Crippen LogP contribution in [-0.2, 0) is 6.54 Å². The zero-order valence-corrected chi connectivity index (χ0v) is 12.3. The average Bonchev–Trinajstić information content (AvgIpc) is 2.53. The maximum Gasteiger partial charge on any atom is 0.136 e. The molecule has 20 heavy (non-hydrogen) atoms. The molecule has 0 fully saturated rings. The lowest BCUT2D eigenvalue weighted by Gasteiger charge is -2.09. The zero-order valence-electron chi connectivity index (χ0n) is 11.5. The molecule has 2 rings (SSSR count). The Hall–Kier alpha value is -2.12. The third-order valence-electron chi connectivity index (χ3n) is 2.97. The molecular formula is C16H16N2OS. The Kier molecular flexibility index (Phi) is 4.91. The summed E-state index contributed by atoms with van der Waals surface area (Å²) in [4.78, 5) is 1.25. The van der Waals surface area contributed by atoms with Crippen LogP contribution in [0.1, 0.15) is 11.1 Å². The Bertz CT molecular complexity index is 617. The SMILES string of the molecule is COc1cc(CNc2ccc(SC)cc2)ccc1C#N. The van der Waals surface area contributed by atoms with Crippen molar-refractivity contribution in [2.24, 2.45) is 0 Å². The van der Waals surface area contributed by atoms with Crippen molar-refractivity contribution < 1.29 is 4.74 Å². The molecule has 0 amide bonds. The molecule has 0 atom stereocenters.